The molecule has 6 nitrogen and oxygen atoms in total. The van der Waals surface area contributed by atoms with Crippen molar-refractivity contribution in [1.82, 2.24) is 10.2 Å². The number of sulfone groups is 1. The molecule has 2 atom stereocenters. The van der Waals surface area contributed by atoms with E-state index in [2.05, 4.69) is 24.1 Å². The van der Waals surface area contributed by atoms with E-state index < -0.39 is 28.0 Å². The molecule has 0 spiro atoms. The number of alkyl halides is 3. The molecule has 2 aromatic rings. The molecular formula is C30H39F3N2O4S. The number of carbonyl (C=O) groups excluding carboxylic acids is 1. The van der Waals surface area contributed by atoms with Crippen molar-refractivity contribution < 1.29 is 31.5 Å². The van der Waals surface area contributed by atoms with Crippen LogP contribution in [0.4, 0.5) is 13.2 Å². The molecule has 40 heavy (non-hydrogen) atoms. The van der Waals surface area contributed by atoms with Crippen molar-refractivity contribution in [3.63, 3.8) is 0 Å². The fourth-order valence-electron chi connectivity index (χ4n) is 6.20. The molecule has 0 saturated heterocycles. The van der Waals surface area contributed by atoms with Gasteiger partial charge in [0.05, 0.1) is 29.2 Å². The largest absolute Gasteiger partial charge is 0.394 e. The van der Waals surface area contributed by atoms with E-state index in [9.17, 15) is 31.5 Å². The second-order valence-electron chi connectivity index (χ2n) is 11.5. The highest BCUT2D eigenvalue weighted by Crippen LogP contribution is 2.43. The van der Waals surface area contributed by atoms with Crippen LogP contribution in [-0.4, -0.2) is 49.4 Å². The van der Waals surface area contributed by atoms with Crippen LogP contribution in [0.1, 0.15) is 85.6 Å². The first-order valence-electron chi connectivity index (χ1n) is 14.0. The van der Waals surface area contributed by atoms with Crippen molar-refractivity contribution in [2.75, 3.05) is 18.9 Å². The smallest absolute Gasteiger partial charge is 0.391 e. The van der Waals surface area contributed by atoms with Gasteiger partial charge in [0.25, 0.3) is 5.91 Å². The SMILES string of the molecule is CCS(=O)(=O)c1ccc([C@H](CO)NC(=O)c2ccc3c(c2)CN(CC2CCC(C(F)(F)F)CC2)[C@@H]3C(C)C)cc1. The van der Waals surface area contributed by atoms with Gasteiger partial charge in [0.15, 0.2) is 9.84 Å². The van der Waals surface area contributed by atoms with Crippen molar-refractivity contribution in [3.8, 4) is 0 Å². The summed E-state index contributed by atoms with van der Waals surface area (Å²) < 4.78 is 63.5. The van der Waals surface area contributed by atoms with Gasteiger partial charge in [-0.05, 0) is 78.5 Å². The maximum atomic E-state index is 13.2. The van der Waals surface area contributed by atoms with Crippen LogP contribution >= 0.6 is 0 Å². The van der Waals surface area contributed by atoms with Crippen LogP contribution in [0.3, 0.4) is 0 Å². The predicted octanol–water partition coefficient (Wildman–Crippen LogP) is 5.83. The van der Waals surface area contributed by atoms with E-state index in [1.807, 2.05) is 12.1 Å². The maximum absolute atomic E-state index is 13.2. The van der Waals surface area contributed by atoms with Crippen LogP contribution < -0.4 is 5.32 Å². The van der Waals surface area contributed by atoms with Crippen LogP contribution in [0.5, 0.6) is 0 Å². The van der Waals surface area contributed by atoms with Crippen LogP contribution in [0.25, 0.3) is 0 Å². The normalized spacial score (nSPS) is 22.8. The summed E-state index contributed by atoms with van der Waals surface area (Å²) in [5.74, 6) is -1.03. The lowest BCUT2D eigenvalue weighted by atomic mass is 9.81. The number of carbonyl (C=O) groups is 1. The van der Waals surface area contributed by atoms with E-state index in [1.165, 1.54) is 12.1 Å². The Bertz CT molecular complexity index is 1290. The van der Waals surface area contributed by atoms with Crippen molar-refractivity contribution in [1.29, 1.82) is 0 Å². The number of aliphatic hydroxyl groups excluding tert-OH is 1. The van der Waals surface area contributed by atoms with E-state index in [-0.39, 0.29) is 48.0 Å². The van der Waals surface area contributed by atoms with Crippen LogP contribution in [-0.2, 0) is 16.4 Å². The molecule has 0 bridgehead atoms. The number of halogens is 3. The molecule has 1 fully saturated rings. The Balaban J connectivity index is 1.44. The summed E-state index contributed by atoms with van der Waals surface area (Å²) in [5.41, 5.74) is 3.22. The minimum absolute atomic E-state index is 0.0148. The zero-order chi connectivity index (χ0) is 29.2. The van der Waals surface area contributed by atoms with Gasteiger partial charge in [0.1, 0.15) is 0 Å². The molecule has 2 aromatic carbocycles. The lowest BCUT2D eigenvalue weighted by Gasteiger charge is -2.35. The number of aliphatic hydroxyl groups is 1. The number of nitrogens with one attached hydrogen (secondary N) is 1. The van der Waals surface area contributed by atoms with Gasteiger partial charge in [-0.2, -0.15) is 13.2 Å². The van der Waals surface area contributed by atoms with Crippen molar-refractivity contribution in [3.05, 3.63) is 64.7 Å². The van der Waals surface area contributed by atoms with Gasteiger partial charge in [0.2, 0.25) is 0 Å². The lowest BCUT2D eigenvalue weighted by Crippen LogP contribution is -2.34. The second-order valence-corrected chi connectivity index (χ2v) is 13.8. The zero-order valence-corrected chi connectivity index (χ0v) is 24.1. The van der Waals surface area contributed by atoms with Crippen LogP contribution in [0.2, 0.25) is 0 Å². The minimum atomic E-state index is -4.11. The van der Waals surface area contributed by atoms with Crippen molar-refractivity contribution >= 4 is 15.7 Å². The average Bonchev–Trinajstić information content (AvgIpc) is 3.28. The van der Waals surface area contributed by atoms with Gasteiger partial charge in [-0.15, -0.1) is 0 Å². The summed E-state index contributed by atoms with van der Waals surface area (Å²) in [6.45, 7) is 6.86. The Labute approximate surface area is 234 Å². The van der Waals surface area contributed by atoms with Gasteiger partial charge in [-0.25, -0.2) is 8.42 Å². The second kappa shape index (κ2) is 12.2. The first-order chi connectivity index (χ1) is 18.8. The van der Waals surface area contributed by atoms with Gasteiger partial charge < -0.3 is 10.4 Å². The monoisotopic (exact) mass is 580 g/mol. The van der Waals surface area contributed by atoms with Gasteiger partial charge in [0, 0.05) is 24.7 Å². The quantitative estimate of drug-likeness (QED) is 0.390. The maximum Gasteiger partial charge on any atom is 0.391 e. The zero-order valence-electron chi connectivity index (χ0n) is 23.2. The third kappa shape index (κ3) is 6.71. The lowest BCUT2D eigenvalue weighted by molar-refractivity contribution is -0.184. The number of rotatable bonds is 9. The number of fused-ring (bicyclic) bond motifs is 1. The molecular weight excluding hydrogens is 541 g/mol. The van der Waals surface area contributed by atoms with Gasteiger partial charge >= 0.3 is 6.18 Å². The number of benzene rings is 2. The Kier molecular flexibility index (Phi) is 9.31. The molecule has 4 rings (SSSR count). The molecule has 1 saturated carbocycles. The number of nitrogens with zero attached hydrogens (tertiary/aromatic N) is 1. The van der Waals surface area contributed by atoms with E-state index in [4.69, 9.17) is 0 Å². The molecule has 0 unspecified atom stereocenters. The van der Waals surface area contributed by atoms with Crippen molar-refractivity contribution in [2.45, 2.75) is 76.2 Å². The van der Waals surface area contributed by atoms with E-state index in [0.29, 0.717) is 36.4 Å². The van der Waals surface area contributed by atoms with E-state index in [1.54, 1.807) is 25.1 Å². The van der Waals surface area contributed by atoms with Crippen LogP contribution in [0.15, 0.2) is 47.4 Å². The first-order valence-corrected chi connectivity index (χ1v) is 15.7. The van der Waals surface area contributed by atoms with Gasteiger partial charge in [-0.1, -0.05) is 39.0 Å². The molecule has 10 heteroatoms. The highest BCUT2D eigenvalue weighted by Gasteiger charge is 2.42. The summed E-state index contributed by atoms with van der Waals surface area (Å²) >= 11 is 0. The molecule has 220 valence electrons. The summed E-state index contributed by atoms with van der Waals surface area (Å²) in [4.78, 5) is 15.7. The average molecular weight is 581 g/mol. The number of amides is 1. The molecule has 1 aliphatic carbocycles. The molecule has 1 amide bonds. The predicted molar refractivity (Wildman–Crippen MR) is 147 cm³/mol. The standard InChI is InChI=1S/C30H39F3N2O4S/c1-4-40(38,39)25-12-7-21(8-13-25)27(18-36)34-29(37)22-9-14-26-23(15-22)17-35(28(26)19(2)3)16-20-5-10-24(11-6-20)30(31,32)33/h7-9,12-15,19-20,24,27-28,36H,4-6,10-11,16-18H2,1-3H3,(H,34,37)/t20?,24?,27-,28+/m0/s1. The molecule has 2 N–H and O–H groups in total. The summed E-state index contributed by atoms with van der Waals surface area (Å²) in [6.07, 6.45) is -2.59. The van der Waals surface area contributed by atoms with E-state index in [0.717, 1.165) is 17.7 Å². The summed E-state index contributed by atoms with van der Waals surface area (Å²) in [7, 11) is -3.35. The molecule has 0 aromatic heterocycles. The third-order valence-electron chi connectivity index (χ3n) is 8.43. The summed E-state index contributed by atoms with van der Waals surface area (Å²) in [6, 6.07) is 11.2. The van der Waals surface area contributed by atoms with E-state index >= 15 is 0 Å². The number of hydrogen-bond acceptors (Lipinski definition) is 5. The van der Waals surface area contributed by atoms with Crippen molar-refractivity contribution in [2.24, 2.45) is 17.8 Å². The Morgan fingerprint density at radius 1 is 1.07 bits per heavy atom. The fraction of sp³-hybridized carbons (Fsp3) is 0.567. The fourth-order valence-corrected chi connectivity index (χ4v) is 7.08. The molecule has 1 heterocycles. The Hall–Kier alpha value is -2.43. The Morgan fingerprint density at radius 2 is 1.73 bits per heavy atom. The molecule has 1 aliphatic heterocycles. The minimum Gasteiger partial charge on any atom is -0.394 e. The number of hydrogen-bond donors (Lipinski definition) is 2. The highest BCUT2D eigenvalue weighted by atomic mass is 32.2. The summed E-state index contributed by atoms with van der Waals surface area (Å²) in [5, 5.41) is 12.8. The third-order valence-corrected chi connectivity index (χ3v) is 10.2. The molecule has 0 radical (unpaired) electrons. The van der Waals surface area contributed by atoms with Gasteiger partial charge in [-0.3, -0.25) is 9.69 Å². The topological polar surface area (TPSA) is 86.7 Å². The Morgan fingerprint density at radius 3 is 2.27 bits per heavy atom. The van der Waals surface area contributed by atoms with Crippen LogP contribution in [0, 0.1) is 17.8 Å². The highest BCUT2D eigenvalue weighted by molar-refractivity contribution is 7.91. The molecule has 2 aliphatic rings. The first kappa shape index (κ1) is 30.5.